The van der Waals surface area contributed by atoms with Crippen LogP contribution in [0.1, 0.15) is 13.3 Å². The molecular formula is C8H14O5. The van der Waals surface area contributed by atoms with Gasteiger partial charge in [-0.05, 0) is 0 Å². The fourth-order valence-electron chi connectivity index (χ4n) is 2.57. The molecule has 5 heteroatoms. The SMILES string of the molecule is C[C@@H]1C(O)(O)C2C[C@H](O)O[C@]21CO. The van der Waals surface area contributed by atoms with Crippen LogP contribution in [-0.2, 0) is 4.74 Å². The van der Waals surface area contributed by atoms with Gasteiger partial charge in [0.05, 0.1) is 6.61 Å². The Hall–Kier alpha value is -0.200. The van der Waals surface area contributed by atoms with Gasteiger partial charge in [0.2, 0.25) is 0 Å². The Kier molecular flexibility index (Phi) is 1.75. The van der Waals surface area contributed by atoms with Crippen molar-refractivity contribution in [2.75, 3.05) is 6.61 Å². The molecule has 1 aliphatic carbocycles. The van der Waals surface area contributed by atoms with E-state index in [1.807, 2.05) is 0 Å². The van der Waals surface area contributed by atoms with E-state index in [1.165, 1.54) is 0 Å². The molecule has 0 amide bonds. The standard InChI is InChI=1S/C8H14O5/c1-4-7(3-9)5(8(4,11)12)2-6(10)13-7/h4-6,9-12H,2-3H2,1H3/t4-,5?,6+,7-/m0/s1. The van der Waals surface area contributed by atoms with Crippen LogP contribution in [0.15, 0.2) is 0 Å². The Balaban J connectivity index is 2.27. The first-order valence-electron chi connectivity index (χ1n) is 4.36. The summed E-state index contributed by atoms with van der Waals surface area (Å²) in [7, 11) is 0. The van der Waals surface area contributed by atoms with Crippen molar-refractivity contribution in [2.24, 2.45) is 11.8 Å². The first-order valence-corrected chi connectivity index (χ1v) is 4.36. The van der Waals surface area contributed by atoms with E-state index in [1.54, 1.807) is 6.92 Å². The van der Waals surface area contributed by atoms with E-state index in [0.29, 0.717) is 0 Å². The lowest BCUT2D eigenvalue weighted by molar-refractivity contribution is -0.373. The highest BCUT2D eigenvalue weighted by molar-refractivity contribution is 5.16. The Morgan fingerprint density at radius 3 is 2.54 bits per heavy atom. The molecule has 2 aliphatic rings. The summed E-state index contributed by atoms with van der Waals surface area (Å²) in [5.74, 6) is -2.98. The quantitative estimate of drug-likeness (QED) is 0.374. The molecule has 4 atom stereocenters. The zero-order valence-corrected chi connectivity index (χ0v) is 7.34. The molecule has 76 valence electrons. The van der Waals surface area contributed by atoms with Gasteiger partial charge in [0.1, 0.15) is 5.60 Å². The predicted molar refractivity (Wildman–Crippen MR) is 41.3 cm³/mol. The largest absolute Gasteiger partial charge is 0.393 e. The summed E-state index contributed by atoms with van der Waals surface area (Å²) in [5, 5.41) is 37.3. The van der Waals surface area contributed by atoms with Gasteiger partial charge in [-0.1, -0.05) is 6.92 Å². The zero-order chi connectivity index (χ0) is 9.85. The first-order chi connectivity index (χ1) is 5.95. The number of rotatable bonds is 1. The van der Waals surface area contributed by atoms with Crippen LogP contribution in [0.4, 0.5) is 0 Å². The van der Waals surface area contributed by atoms with Gasteiger partial charge >= 0.3 is 0 Å². The zero-order valence-electron chi connectivity index (χ0n) is 7.34. The molecule has 2 rings (SSSR count). The van der Waals surface area contributed by atoms with E-state index in [0.717, 1.165) is 0 Å². The number of hydrogen-bond donors (Lipinski definition) is 4. The topological polar surface area (TPSA) is 90.2 Å². The van der Waals surface area contributed by atoms with Crippen LogP contribution in [0.3, 0.4) is 0 Å². The third-order valence-electron chi connectivity index (χ3n) is 3.51. The van der Waals surface area contributed by atoms with Gasteiger partial charge in [-0.25, -0.2) is 0 Å². The summed E-state index contributed by atoms with van der Waals surface area (Å²) in [6.07, 6.45) is -0.835. The highest BCUT2D eigenvalue weighted by Gasteiger charge is 2.73. The smallest absolute Gasteiger partial charge is 0.173 e. The van der Waals surface area contributed by atoms with Crippen LogP contribution < -0.4 is 0 Å². The minimum Gasteiger partial charge on any atom is -0.393 e. The lowest BCUT2D eigenvalue weighted by Gasteiger charge is -2.57. The monoisotopic (exact) mass is 190 g/mol. The van der Waals surface area contributed by atoms with Crippen LogP contribution in [0, 0.1) is 11.8 Å². The number of aliphatic hydroxyl groups is 4. The van der Waals surface area contributed by atoms with Crippen molar-refractivity contribution < 1.29 is 25.2 Å². The number of hydrogen-bond acceptors (Lipinski definition) is 5. The summed E-state index contributed by atoms with van der Waals surface area (Å²) in [6, 6.07) is 0. The maximum absolute atomic E-state index is 9.52. The van der Waals surface area contributed by atoms with E-state index in [9.17, 15) is 15.3 Å². The summed E-state index contributed by atoms with van der Waals surface area (Å²) in [4.78, 5) is 0. The van der Waals surface area contributed by atoms with Crippen LogP contribution in [0.5, 0.6) is 0 Å². The van der Waals surface area contributed by atoms with Gasteiger partial charge in [-0.3, -0.25) is 0 Å². The average molecular weight is 190 g/mol. The van der Waals surface area contributed by atoms with Crippen molar-refractivity contribution >= 4 is 0 Å². The molecule has 1 saturated carbocycles. The molecule has 1 heterocycles. The second-order valence-corrected chi connectivity index (χ2v) is 3.98. The van der Waals surface area contributed by atoms with E-state index >= 15 is 0 Å². The molecule has 0 spiro atoms. The Bertz CT molecular complexity index is 229. The van der Waals surface area contributed by atoms with Crippen LogP contribution >= 0.6 is 0 Å². The molecule has 0 bridgehead atoms. The molecule has 2 fully saturated rings. The van der Waals surface area contributed by atoms with E-state index in [4.69, 9.17) is 9.84 Å². The number of fused-ring (bicyclic) bond motifs is 1. The molecular weight excluding hydrogens is 176 g/mol. The van der Waals surface area contributed by atoms with Crippen LogP contribution in [0.25, 0.3) is 0 Å². The molecule has 4 N–H and O–H groups in total. The molecule has 5 nitrogen and oxygen atoms in total. The minimum absolute atomic E-state index is 0.165. The molecule has 1 aliphatic heterocycles. The molecule has 13 heavy (non-hydrogen) atoms. The van der Waals surface area contributed by atoms with E-state index < -0.39 is 29.5 Å². The Labute approximate surface area is 75.6 Å². The van der Waals surface area contributed by atoms with Gasteiger partial charge in [0.25, 0.3) is 0 Å². The van der Waals surface area contributed by atoms with Gasteiger partial charge in [0, 0.05) is 18.3 Å². The van der Waals surface area contributed by atoms with Gasteiger partial charge < -0.3 is 25.2 Å². The van der Waals surface area contributed by atoms with E-state index in [2.05, 4.69) is 0 Å². The highest BCUT2D eigenvalue weighted by Crippen LogP contribution is 2.58. The first kappa shape index (κ1) is 9.36. The fraction of sp³-hybridized carbons (Fsp3) is 1.00. The van der Waals surface area contributed by atoms with Gasteiger partial charge in [-0.15, -0.1) is 0 Å². The van der Waals surface area contributed by atoms with Gasteiger partial charge in [-0.2, -0.15) is 0 Å². The van der Waals surface area contributed by atoms with Crippen LogP contribution in [-0.4, -0.2) is 44.7 Å². The number of aliphatic hydroxyl groups excluding tert-OH is 2. The molecule has 0 aromatic heterocycles. The lowest BCUT2D eigenvalue weighted by atomic mass is 9.57. The van der Waals surface area contributed by atoms with Crippen molar-refractivity contribution in [3.63, 3.8) is 0 Å². The van der Waals surface area contributed by atoms with E-state index in [-0.39, 0.29) is 13.0 Å². The lowest BCUT2D eigenvalue weighted by Crippen LogP contribution is -2.72. The molecule has 0 aromatic carbocycles. The molecule has 0 aromatic rings. The Morgan fingerprint density at radius 1 is 1.46 bits per heavy atom. The Morgan fingerprint density at radius 2 is 2.08 bits per heavy atom. The van der Waals surface area contributed by atoms with Crippen molar-refractivity contribution in [2.45, 2.75) is 31.0 Å². The minimum atomic E-state index is -1.82. The van der Waals surface area contributed by atoms with Crippen molar-refractivity contribution in [3.8, 4) is 0 Å². The normalized spacial score (nSPS) is 52.8. The van der Waals surface area contributed by atoms with Crippen LogP contribution in [0.2, 0.25) is 0 Å². The summed E-state index contributed by atoms with van der Waals surface area (Å²) in [6.45, 7) is 1.30. The third-order valence-corrected chi connectivity index (χ3v) is 3.51. The second kappa shape index (κ2) is 2.43. The second-order valence-electron chi connectivity index (χ2n) is 3.98. The van der Waals surface area contributed by atoms with Gasteiger partial charge in [0.15, 0.2) is 12.1 Å². The molecule has 1 unspecified atom stereocenters. The van der Waals surface area contributed by atoms with Crippen molar-refractivity contribution in [3.05, 3.63) is 0 Å². The summed E-state index contributed by atoms with van der Waals surface area (Å²) < 4.78 is 5.13. The molecule has 1 saturated heterocycles. The maximum Gasteiger partial charge on any atom is 0.173 e. The maximum atomic E-state index is 9.52. The predicted octanol–water partition coefficient (Wildman–Crippen LogP) is -1.60. The van der Waals surface area contributed by atoms with Crippen molar-refractivity contribution in [1.82, 2.24) is 0 Å². The number of ether oxygens (including phenoxy) is 1. The molecule has 0 radical (unpaired) electrons. The summed E-state index contributed by atoms with van der Waals surface area (Å²) in [5.41, 5.74) is -0.955. The van der Waals surface area contributed by atoms with Crippen molar-refractivity contribution in [1.29, 1.82) is 0 Å². The average Bonchev–Trinajstić information content (AvgIpc) is 2.41. The highest BCUT2D eigenvalue weighted by atomic mass is 16.6. The third kappa shape index (κ3) is 0.884. The fourth-order valence-corrected chi connectivity index (χ4v) is 2.57. The summed E-state index contributed by atoms with van der Waals surface area (Å²) >= 11 is 0.